The van der Waals surface area contributed by atoms with E-state index in [2.05, 4.69) is 29.3 Å². The monoisotopic (exact) mass is 448 g/mol. The second-order valence-corrected chi connectivity index (χ2v) is 8.02. The van der Waals surface area contributed by atoms with Gasteiger partial charge in [-0.2, -0.15) is 0 Å². The number of nitrogens with one attached hydrogen (secondary N) is 1. The molecule has 33 heavy (non-hydrogen) atoms. The molecule has 0 radical (unpaired) electrons. The number of carbonyl (C=O) groups is 3. The summed E-state index contributed by atoms with van der Waals surface area (Å²) in [6, 6.07) is 13.4. The van der Waals surface area contributed by atoms with Crippen molar-refractivity contribution in [2.24, 2.45) is 5.92 Å². The van der Waals surface area contributed by atoms with Gasteiger partial charge < -0.3 is 20.1 Å². The van der Waals surface area contributed by atoms with Gasteiger partial charge in [-0.1, -0.05) is 24.0 Å². The molecule has 1 unspecified atom stereocenters. The highest BCUT2D eigenvalue weighted by atomic mass is 16.5. The van der Waals surface area contributed by atoms with Gasteiger partial charge in [0, 0.05) is 36.7 Å². The molecule has 0 aliphatic carbocycles. The number of benzene rings is 2. The lowest BCUT2D eigenvalue weighted by molar-refractivity contribution is -0.135. The molecule has 2 aromatic carbocycles. The molecule has 0 bridgehead atoms. The number of Topliss-reactive ketones (excluding diaryl/α,β-unsaturated/α-hetero) is 1. The van der Waals surface area contributed by atoms with E-state index in [1.54, 1.807) is 24.3 Å². The predicted octanol–water partition coefficient (Wildman–Crippen LogP) is 1.41. The van der Waals surface area contributed by atoms with Gasteiger partial charge in [-0.15, -0.1) is 0 Å². The fourth-order valence-corrected chi connectivity index (χ4v) is 3.50. The third kappa shape index (κ3) is 6.28. The molecular formula is C26H28N2O5. The molecule has 3 rings (SSSR count). The van der Waals surface area contributed by atoms with E-state index >= 15 is 0 Å². The van der Waals surface area contributed by atoms with Crippen LogP contribution in [0.25, 0.3) is 0 Å². The molecule has 1 saturated heterocycles. The van der Waals surface area contributed by atoms with Crippen molar-refractivity contribution in [3.05, 3.63) is 70.8 Å². The predicted molar refractivity (Wildman–Crippen MR) is 124 cm³/mol. The topological polar surface area (TPSA) is 95.9 Å². The maximum Gasteiger partial charge on any atom is 0.254 e. The van der Waals surface area contributed by atoms with Crippen molar-refractivity contribution in [3.8, 4) is 11.8 Å². The van der Waals surface area contributed by atoms with Crippen LogP contribution in [0.15, 0.2) is 48.5 Å². The second kappa shape index (κ2) is 11.4. The SMILES string of the molecule is CNC(=O)C(C(=O)CO)N(C)C(=O)c1ccc(C#Cc2ccc(CCC3COC3)cc2)cc1. The van der Waals surface area contributed by atoms with Gasteiger partial charge in [-0.3, -0.25) is 14.4 Å². The van der Waals surface area contributed by atoms with Gasteiger partial charge in [0.1, 0.15) is 6.61 Å². The number of aliphatic hydroxyl groups is 1. The molecule has 2 amide bonds. The van der Waals surface area contributed by atoms with Crippen molar-refractivity contribution in [1.29, 1.82) is 0 Å². The molecule has 1 atom stereocenters. The van der Waals surface area contributed by atoms with Crippen molar-refractivity contribution in [3.63, 3.8) is 0 Å². The molecular weight excluding hydrogens is 420 g/mol. The second-order valence-electron chi connectivity index (χ2n) is 8.02. The molecule has 2 N–H and O–H groups in total. The zero-order valence-electron chi connectivity index (χ0n) is 18.8. The lowest BCUT2D eigenvalue weighted by Crippen LogP contribution is -2.52. The highest BCUT2D eigenvalue weighted by Crippen LogP contribution is 2.17. The van der Waals surface area contributed by atoms with Crippen LogP contribution < -0.4 is 5.32 Å². The van der Waals surface area contributed by atoms with Gasteiger partial charge in [-0.05, 0) is 54.8 Å². The zero-order valence-corrected chi connectivity index (χ0v) is 18.8. The van der Waals surface area contributed by atoms with Crippen LogP contribution in [0.2, 0.25) is 0 Å². The summed E-state index contributed by atoms with van der Waals surface area (Å²) in [5, 5.41) is 11.5. The highest BCUT2D eigenvalue weighted by molar-refractivity contribution is 6.10. The average Bonchev–Trinajstić information content (AvgIpc) is 2.82. The van der Waals surface area contributed by atoms with E-state index in [-0.39, 0.29) is 0 Å². The summed E-state index contributed by atoms with van der Waals surface area (Å²) in [6.45, 7) is 0.917. The third-order valence-electron chi connectivity index (χ3n) is 5.65. The maximum atomic E-state index is 12.7. The first kappa shape index (κ1) is 24.2. The van der Waals surface area contributed by atoms with Crippen molar-refractivity contribution in [2.45, 2.75) is 18.9 Å². The highest BCUT2D eigenvalue weighted by Gasteiger charge is 2.32. The largest absolute Gasteiger partial charge is 0.388 e. The minimum absolute atomic E-state index is 0.309. The van der Waals surface area contributed by atoms with Gasteiger partial charge in [0.15, 0.2) is 11.8 Å². The Morgan fingerprint density at radius 1 is 1.06 bits per heavy atom. The zero-order chi connectivity index (χ0) is 23.8. The molecule has 0 aromatic heterocycles. The van der Waals surface area contributed by atoms with E-state index in [9.17, 15) is 14.4 Å². The first-order chi connectivity index (χ1) is 15.9. The number of aliphatic hydroxyl groups excluding tert-OH is 1. The van der Waals surface area contributed by atoms with Crippen LogP contribution in [0.1, 0.15) is 33.5 Å². The Labute approximate surface area is 193 Å². The maximum absolute atomic E-state index is 12.7. The number of ether oxygens (including phenoxy) is 1. The molecule has 0 saturated carbocycles. The lowest BCUT2D eigenvalue weighted by atomic mass is 9.98. The Balaban J connectivity index is 1.63. The number of nitrogens with zero attached hydrogens (tertiary/aromatic N) is 1. The van der Waals surface area contributed by atoms with Crippen LogP contribution in [0.3, 0.4) is 0 Å². The Hall–Kier alpha value is -3.47. The van der Waals surface area contributed by atoms with Gasteiger partial charge in [0.25, 0.3) is 5.91 Å². The van der Waals surface area contributed by atoms with Crippen molar-refractivity contribution in [2.75, 3.05) is 33.9 Å². The van der Waals surface area contributed by atoms with Crippen molar-refractivity contribution < 1.29 is 24.2 Å². The Bertz CT molecular complexity index is 1030. The Morgan fingerprint density at radius 2 is 1.64 bits per heavy atom. The quantitative estimate of drug-likeness (QED) is 0.470. The van der Waals surface area contributed by atoms with Gasteiger partial charge in [-0.25, -0.2) is 0 Å². The van der Waals surface area contributed by atoms with E-state index in [0.29, 0.717) is 11.5 Å². The standard InChI is InChI=1S/C26H28N2O5/c1-27-25(31)24(23(30)15-29)28(2)26(32)22-13-11-20(12-14-22)8-7-18-3-5-19(6-4-18)9-10-21-16-33-17-21/h3-6,11-14,21,24,29H,9-10,15-17H2,1-2H3,(H,27,31). The van der Waals surface area contributed by atoms with Gasteiger partial charge >= 0.3 is 0 Å². The van der Waals surface area contributed by atoms with Gasteiger partial charge in [0.05, 0.1) is 13.2 Å². The summed E-state index contributed by atoms with van der Waals surface area (Å²) >= 11 is 0. The summed E-state index contributed by atoms with van der Waals surface area (Å²) in [5.74, 6) is 4.97. The summed E-state index contributed by atoms with van der Waals surface area (Å²) < 4.78 is 5.21. The van der Waals surface area contributed by atoms with Crippen molar-refractivity contribution >= 4 is 17.6 Å². The van der Waals surface area contributed by atoms with Crippen LogP contribution >= 0.6 is 0 Å². The third-order valence-corrected chi connectivity index (χ3v) is 5.65. The number of carbonyl (C=O) groups excluding carboxylic acids is 3. The Kier molecular flexibility index (Phi) is 8.36. The van der Waals surface area contributed by atoms with Crippen LogP contribution in [0.4, 0.5) is 0 Å². The van der Waals surface area contributed by atoms with Crippen LogP contribution in [-0.4, -0.2) is 67.6 Å². The van der Waals surface area contributed by atoms with Gasteiger partial charge in [0.2, 0.25) is 5.91 Å². The Morgan fingerprint density at radius 3 is 2.12 bits per heavy atom. The molecule has 2 aromatic rings. The minimum atomic E-state index is -1.39. The van der Waals surface area contributed by atoms with E-state index < -0.39 is 30.2 Å². The van der Waals surface area contributed by atoms with E-state index in [0.717, 1.165) is 42.1 Å². The van der Waals surface area contributed by atoms with Crippen LogP contribution in [0, 0.1) is 17.8 Å². The number of ketones is 1. The summed E-state index contributed by atoms with van der Waals surface area (Å²) in [4.78, 5) is 37.7. The van der Waals surface area contributed by atoms with E-state index in [4.69, 9.17) is 9.84 Å². The molecule has 7 nitrogen and oxygen atoms in total. The molecule has 1 heterocycles. The number of rotatable bonds is 8. The number of hydrogen-bond donors (Lipinski definition) is 2. The van der Waals surface area contributed by atoms with E-state index in [1.165, 1.54) is 19.7 Å². The smallest absolute Gasteiger partial charge is 0.254 e. The lowest BCUT2D eigenvalue weighted by Gasteiger charge is -2.25. The number of hydrogen-bond acceptors (Lipinski definition) is 5. The molecule has 0 spiro atoms. The number of likely N-dealkylation sites (N-methyl/N-ethyl adjacent to an activating group) is 2. The fraction of sp³-hybridized carbons (Fsp3) is 0.346. The first-order valence-corrected chi connectivity index (χ1v) is 10.8. The van der Waals surface area contributed by atoms with Crippen molar-refractivity contribution in [1.82, 2.24) is 10.2 Å². The fourth-order valence-electron chi connectivity index (χ4n) is 3.50. The van der Waals surface area contributed by atoms with E-state index in [1.807, 2.05) is 12.1 Å². The number of amides is 2. The molecule has 172 valence electrons. The minimum Gasteiger partial charge on any atom is -0.388 e. The molecule has 7 heteroatoms. The van der Waals surface area contributed by atoms with Crippen LogP contribution in [-0.2, 0) is 20.7 Å². The van der Waals surface area contributed by atoms with Crippen LogP contribution in [0.5, 0.6) is 0 Å². The summed E-state index contributed by atoms with van der Waals surface area (Å²) in [6.07, 6.45) is 2.18. The normalized spacial score (nSPS) is 13.8. The number of aryl methyl sites for hydroxylation is 1. The summed E-state index contributed by atoms with van der Waals surface area (Å²) in [7, 11) is 2.72. The molecule has 1 fully saturated rings. The first-order valence-electron chi connectivity index (χ1n) is 10.8. The average molecular weight is 449 g/mol. The molecule has 1 aliphatic heterocycles. The summed E-state index contributed by atoms with van der Waals surface area (Å²) in [5.41, 5.74) is 3.23. The molecule has 1 aliphatic rings.